The van der Waals surface area contributed by atoms with Crippen LogP contribution >= 0.6 is 0 Å². The zero-order valence-electron chi connectivity index (χ0n) is 11.7. The molecule has 1 aliphatic heterocycles. The topological polar surface area (TPSA) is 96.1 Å². The Kier molecular flexibility index (Phi) is 4.71. The Morgan fingerprint density at radius 2 is 1.83 bits per heavy atom. The molecule has 0 unspecified atom stereocenters. The summed E-state index contributed by atoms with van der Waals surface area (Å²) in [5.74, 6) is -0.887. The number of nitrogens with zero attached hydrogens (tertiary/aromatic N) is 3. The first-order valence-corrected chi connectivity index (χ1v) is 6.55. The summed E-state index contributed by atoms with van der Waals surface area (Å²) in [6, 6.07) is 3.64. The smallest absolute Gasteiger partial charge is 0.363 e. The summed E-state index contributed by atoms with van der Waals surface area (Å²) in [4.78, 5) is 24.0. The standard InChI is InChI=1S/C12H13F3N4O4/c13-12(14,15)18-5-3-17(4-6-18)9-2-1-8(11(20)16-21)7-10(9)19(22)23/h1-2,7H,3-6H2,(H2-,16,20,21,22,23)/p+1. The largest absolute Gasteiger partial charge is 0.460 e. The molecule has 8 nitrogen and oxygen atoms in total. The molecule has 1 aromatic rings. The van der Waals surface area contributed by atoms with E-state index < -0.39 is 17.1 Å². The van der Waals surface area contributed by atoms with Crippen molar-refractivity contribution < 1.29 is 33.3 Å². The molecule has 0 aliphatic carbocycles. The van der Waals surface area contributed by atoms with Crippen molar-refractivity contribution in [2.24, 2.45) is 0 Å². The molecule has 3 N–H and O–H groups in total. The Labute approximate surface area is 128 Å². The summed E-state index contributed by atoms with van der Waals surface area (Å²) < 4.78 is 37.8. The number of hydrogen-bond donors (Lipinski definition) is 3. The Balaban J connectivity index is 2.23. The third kappa shape index (κ3) is 3.68. The molecule has 11 heteroatoms. The number of nitrogens with one attached hydrogen (secondary N) is 1. The van der Waals surface area contributed by atoms with Crippen LogP contribution in [0.3, 0.4) is 0 Å². The van der Waals surface area contributed by atoms with Gasteiger partial charge in [0.25, 0.3) is 10.8 Å². The maximum absolute atomic E-state index is 12.6. The highest BCUT2D eigenvalue weighted by molar-refractivity contribution is 5.95. The molecule has 1 fully saturated rings. The molecule has 1 heterocycles. The molecule has 1 aromatic carbocycles. The van der Waals surface area contributed by atoms with Gasteiger partial charge in [-0.05, 0) is 12.1 Å². The number of piperazine rings is 1. The number of carbonyl (C=O) groups is 1. The minimum absolute atomic E-state index is 0.00804. The molecule has 1 saturated heterocycles. The van der Waals surface area contributed by atoms with Gasteiger partial charge >= 0.3 is 12.0 Å². The van der Waals surface area contributed by atoms with Gasteiger partial charge in [0.15, 0.2) is 0 Å². The van der Waals surface area contributed by atoms with Crippen LogP contribution in [-0.4, -0.2) is 58.6 Å². The second-order valence-electron chi connectivity index (χ2n) is 4.86. The van der Waals surface area contributed by atoms with Gasteiger partial charge in [-0.15, -0.1) is 0 Å². The van der Waals surface area contributed by atoms with Gasteiger partial charge < -0.3 is 4.90 Å². The number of anilines is 1. The zero-order chi connectivity index (χ0) is 17.2. The predicted octanol–water partition coefficient (Wildman–Crippen LogP) is 1.25. The fourth-order valence-electron chi connectivity index (χ4n) is 2.35. The van der Waals surface area contributed by atoms with Crippen molar-refractivity contribution in [3.05, 3.63) is 28.7 Å². The predicted molar refractivity (Wildman–Crippen MR) is 70.6 cm³/mol. The summed E-state index contributed by atoms with van der Waals surface area (Å²) in [5, 5.41) is 17.7. The van der Waals surface area contributed by atoms with Gasteiger partial charge in [0, 0.05) is 37.8 Å². The van der Waals surface area contributed by atoms with Crippen molar-refractivity contribution in [3.8, 4) is 0 Å². The molecule has 0 spiro atoms. The molecule has 126 valence electrons. The number of rotatable bonds is 3. The maximum atomic E-state index is 12.6. The van der Waals surface area contributed by atoms with Crippen molar-refractivity contribution >= 4 is 17.3 Å². The van der Waals surface area contributed by atoms with Crippen LogP contribution in [-0.2, 0) is 0 Å². The molecule has 23 heavy (non-hydrogen) atoms. The summed E-state index contributed by atoms with van der Waals surface area (Å²) in [5.41, 5.74) is 1.19. The highest BCUT2D eigenvalue weighted by atomic mass is 19.4. The van der Waals surface area contributed by atoms with Gasteiger partial charge in [-0.3, -0.25) is 10.0 Å². The Hall–Kier alpha value is -2.40. The number of amides is 1. The Bertz CT molecular complexity index is 615. The first-order valence-electron chi connectivity index (χ1n) is 6.55. The Morgan fingerprint density at radius 3 is 2.30 bits per heavy atom. The number of carbonyl (C=O) groups excluding carboxylic acids is 1. The number of alkyl halides is 3. The molecule has 0 saturated carbocycles. The molecule has 1 amide bonds. The zero-order valence-corrected chi connectivity index (χ0v) is 11.7. The molecular weight excluding hydrogens is 321 g/mol. The van der Waals surface area contributed by atoms with E-state index in [1.54, 1.807) is 0 Å². The van der Waals surface area contributed by atoms with E-state index in [4.69, 9.17) is 10.4 Å². The van der Waals surface area contributed by atoms with E-state index in [1.807, 2.05) is 0 Å². The average Bonchev–Trinajstić information content (AvgIpc) is 2.52. The van der Waals surface area contributed by atoms with Crippen LogP contribution in [0.15, 0.2) is 18.2 Å². The monoisotopic (exact) mass is 335 g/mol. The van der Waals surface area contributed by atoms with Gasteiger partial charge in [-0.1, -0.05) is 0 Å². The first kappa shape index (κ1) is 17.0. The molecule has 1 aliphatic rings. The maximum Gasteiger partial charge on any atom is 0.460 e. The normalized spacial score (nSPS) is 16.3. The van der Waals surface area contributed by atoms with E-state index in [1.165, 1.54) is 22.5 Å². The van der Waals surface area contributed by atoms with Crippen molar-refractivity contribution in [2.45, 2.75) is 6.30 Å². The minimum Gasteiger partial charge on any atom is -0.363 e. The fourth-order valence-corrected chi connectivity index (χ4v) is 2.35. The van der Waals surface area contributed by atoms with Crippen LogP contribution in [0, 0.1) is 4.91 Å². The van der Waals surface area contributed by atoms with Crippen LogP contribution in [0.2, 0.25) is 0 Å². The quantitative estimate of drug-likeness (QED) is 0.437. The van der Waals surface area contributed by atoms with Gasteiger partial charge in [-0.2, -0.15) is 13.2 Å². The average molecular weight is 335 g/mol. The summed E-state index contributed by atoms with van der Waals surface area (Å²) >= 11 is 0. The second-order valence-corrected chi connectivity index (χ2v) is 4.86. The summed E-state index contributed by atoms with van der Waals surface area (Å²) in [6.45, 7) is -0.587. The van der Waals surface area contributed by atoms with E-state index in [0.29, 0.717) is 4.90 Å². The molecule has 0 radical (unpaired) electrons. The fraction of sp³-hybridized carbons (Fsp3) is 0.417. The van der Waals surface area contributed by atoms with Crippen LogP contribution in [0.25, 0.3) is 0 Å². The van der Waals surface area contributed by atoms with Gasteiger partial charge in [-0.25, -0.2) is 15.6 Å². The highest BCUT2D eigenvalue weighted by Gasteiger charge is 2.39. The lowest BCUT2D eigenvalue weighted by Crippen LogP contribution is -2.52. The molecule has 0 aromatic heterocycles. The van der Waals surface area contributed by atoms with E-state index in [-0.39, 0.29) is 43.1 Å². The summed E-state index contributed by atoms with van der Waals surface area (Å²) in [6.07, 6.45) is -4.42. The van der Waals surface area contributed by atoms with Crippen LogP contribution in [0.1, 0.15) is 10.4 Å². The molecule has 0 bridgehead atoms. The van der Waals surface area contributed by atoms with E-state index in [0.717, 1.165) is 6.07 Å². The van der Waals surface area contributed by atoms with E-state index in [2.05, 4.69) is 0 Å². The highest BCUT2D eigenvalue weighted by Crippen LogP contribution is 2.31. The van der Waals surface area contributed by atoms with Crippen LogP contribution in [0.4, 0.5) is 24.5 Å². The number of hydrogen-bond acceptors (Lipinski definition) is 5. The summed E-state index contributed by atoms with van der Waals surface area (Å²) in [7, 11) is 0. The molecular formula is C12H14F3N4O4+. The van der Waals surface area contributed by atoms with Crippen LogP contribution < -0.4 is 10.4 Å². The lowest BCUT2D eigenvalue weighted by molar-refractivity contribution is -0.729. The van der Waals surface area contributed by atoms with Crippen LogP contribution in [0.5, 0.6) is 0 Å². The van der Waals surface area contributed by atoms with Gasteiger partial charge in [0.2, 0.25) is 0 Å². The first-order chi connectivity index (χ1) is 10.7. The van der Waals surface area contributed by atoms with Crippen molar-refractivity contribution in [1.29, 1.82) is 0 Å². The number of halogens is 3. The van der Waals surface area contributed by atoms with Crippen molar-refractivity contribution in [1.82, 2.24) is 10.4 Å². The van der Waals surface area contributed by atoms with Crippen molar-refractivity contribution in [2.75, 3.05) is 31.1 Å². The lowest BCUT2D eigenvalue weighted by Gasteiger charge is -2.36. The third-order valence-corrected chi connectivity index (χ3v) is 3.52. The number of hydroxylamine groups is 1. The Morgan fingerprint density at radius 1 is 1.22 bits per heavy atom. The number of benzene rings is 1. The SMILES string of the molecule is O=C(NO)c1ccc(N2CCN(C(F)(F)F)CC2)c([N+](=O)O)c1. The second kappa shape index (κ2) is 6.38. The van der Waals surface area contributed by atoms with E-state index >= 15 is 0 Å². The molecule has 2 rings (SSSR count). The van der Waals surface area contributed by atoms with Gasteiger partial charge in [0.05, 0.1) is 4.91 Å². The lowest BCUT2D eigenvalue weighted by atomic mass is 10.1. The van der Waals surface area contributed by atoms with Crippen molar-refractivity contribution in [3.63, 3.8) is 0 Å². The minimum atomic E-state index is -4.42. The van der Waals surface area contributed by atoms with Gasteiger partial charge in [0.1, 0.15) is 5.69 Å². The molecule has 0 atom stereocenters. The third-order valence-electron chi connectivity index (χ3n) is 3.52. The van der Waals surface area contributed by atoms with E-state index in [9.17, 15) is 22.9 Å².